The molecule has 1 aromatic heterocycles. The molecule has 0 unspecified atom stereocenters. The number of unbranched alkanes of at least 4 members (excludes halogenated alkanes) is 1. The Kier molecular flexibility index (Phi) is 9.28. The Hall–Kier alpha value is -0.580. The van der Waals surface area contributed by atoms with Gasteiger partial charge in [0.15, 0.2) is 0 Å². The molecule has 1 rings (SSSR count). The molecule has 16 heavy (non-hydrogen) atoms. The minimum Gasteiger partial charge on any atom is -0.356 e. The van der Waals surface area contributed by atoms with Crippen molar-refractivity contribution in [3.63, 3.8) is 0 Å². The van der Waals surface area contributed by atoms with Gasteiger partial charge in [-0.1, -0.05) is 0 Å². The van der Waals surface area contributed by atoms with Crippen LogP contribution in [0.15, 0.2) is 16.8 Å². The lowest BCUT2D eigenvalue weighted by molar-refractivity contribution is -0.121. The lowest BCUT2D eigenvalue weighted by Gasteiger charge is -2.03. The third-order valence-corrected chi connectivity index (χ3v) is 2.91. The highest BCUT2D eigenvalue weighted by atomic mass is 35.5. The number of nitrogens with two attached hydrogens (primary N) is 1. The van der Waals surface area contributed by atoms with Crippen LogP contribution in [0.4, 0.5) is 0 Å². The van der Waals surface area contributed by atoms with Crippen molar-refractivity contribution in [3.8, 4) is 0 Å². The SMILES string of the molecule is Cl.NCCCCNC(=O)CCc1ccsc1. The summed E-state index contributed by atoms with van der Waals surface area (Å²) in [7, 11) is 0. The van der Waals surface area contributed by atoms with Crippen LogP contribution in [0.5, 0.6) is 0 Å². The van der Waals surface area contributed by atoms with E-state index in [1.807, 2.05) is 5.38 Å². The first-order valence-corrected chi connectivity index (χ1v) is 6.25. The van der Waals surface area contributed by atoms with Gasteiger partial charge in [0.25, 0.3) is 0 Å². The molecule has 1 amide bonds. The lowest BCUT2D eigenvalue weighted by Crippen LogP contribution is -2.25. The summed E-state index contributed by atoms with van der Waals surface area (Å²) >= 11 is 1.67. The van der Waals surface area contributed by atoms with Gasteiger partial charge in [0.1, 0.15) is 0 Å². The molecule has 0 bridgehead atoms. The maximum Gasteiger partial charge on any atom is 0.220 e. The van der Waals surface area contributed by atoms with Crippen molar-refractivity contribution in [2.75, 3.05) is 13.1 Å². The van der Waals surface area contributed by atoms with E-state index in [1.165, 1.54) is 5.56 Å². The molecule has 3 nitrogen and oxygen atoms in total. The predicted octanol–water partition coefficient (Wildman–Crippen LogP) is 1.96. The summed E-state index contributed by atoms with van der Waals surface area (Å²) in [5.74, 6) is 0.137. The molecule has 5 heteroatoms. The molecule has 3 N–H and O–H groups in total. The summed E-state index contributed by atoms with van der Waals surface area (Å²) in [6.45, 7) is 1.45. The molecule has 0 aliphatic rings. The fourth-order valence-electron chi connectivity index (χ4n) is 1.28. The normalized spacial score (nSPS) is 9.56. The van der Waals surface area contributed by atoms with Gasteiger partial charge in [0.2, 0.25) is 5.91 Å². The van der Waals surface area contributed by atoms with Gasteiger partial charge in [0, 0.05) is 13.0 Å². The van der Waals surface area contributed by atoms with E-state index in [2.05, 4.69) is 16.8 Å². The highest BCUT2D eigenvalue weighted by Crippen LogP contribution is 2.07. The first kappa shape index (κ1) is 15.4. The van der Waals surface area contributed by atoms with Crippen molar-refractivity contribution in [2.24, 2.45) is 5.73 Å². The van der Waals surface area contributed by atoms with E-state index in [1.54, 1.807) is 11.3 Å². The van der Waals surface area contributed by atoms with Crippen LogP contribution in [0.3, 0.4) is 0 Å². The quantitative estimate of drug-likeness (QED) is 0.738. The number of halogens is 1. The van der Waals surface area contributed by atoms with Crippen LogP contribution in [-0.4, -0.2) is 19.0 Å². The van der Waals surface area contributed by atoms with Crippen molar-refractivity contribution in [3.05, 3.63) is 22.4 Å². The van der Waals surface area contributed by atoms with Gasteiger partial charge >= 0.3 is 0 Å². The second-order valence-electron chi connectivity index (χ2n) is 3.48. The summed E-state index contributed by atoms with van der Waals surface area (Å²) in [4.78, 5) is 11.4. The van der Waals surface area contributed by atoms with Crippen molar-refractivity contribution < 1.29 is 4.79 Å². The van der Waals surface area contributed by atoms with Gasteiger partial charge in [-0.05, 0) is 48.2 Å². The van der Waals surface area contributed by atoms with Gasteiger partial charge in [-0.25, -0.2) is 0 Å². The van der Waals surface area contributed by atoms with E-state index in [9.17, 15) is 4.79 Å². The summed E-state index contributed by atoms with van der Waals surface area (Å²) in [6.07, 6.45) is 3.37. The number of hydrogen-bond acceptors (Lipinski definition) is 3. The highest BCUT2D eigenvalue weighted by Gasteiger charge is 2.01. The van der Waals surface area contributed by atoms with Gasteiger partial charge in [-0.3, -0.25) is 4.79 Å². The van der Waals surface area contributed by atoms with Gasteiger partial charge in [-0.15, -0.1) is 12.4 Å². The number of amides is 1. The zero-order valence-electron chi connectivity index (χ0n) is 9.28. The molecule has 1 heterocycles. The Labute approximate surface area is 107 Å². The van der Waals surface area contributed by atoms with Crippen LogP contribution in [0.25, 0.3) is 0 Å². The molecule has 92 valence electrons. The molecular weight excluding hydrogens is 244 g/mol. The van der Waals surface area contributed by atoms with E-state index in [-0.39, 0.29) is 18.3 Å². The summed E-state index contributed by atoms with van der Waals surface area (Å²) in [6, 6.07) is 2.06. The molecule has 0 radical (unpaired) electrons. The maximum absolute atomic E-state index is 11.4. The third-order valence-electron chi connectivity index (χ3n) is 2.17. The molecule has 0 saturated carbocycles. The first-order chi connectivity index (χ1) is 7.33. The van der Waals surface area contributed by atoms with E-state index >= 15 is 0 Å². The third kappa shape index (κ3) is 6.82. The summed E-state index contributed by atoms with van der Waals surface area (Å²) in [5.41, 5.74) is 6.60. The zero-order valence-corrected chi connectivity index (χ0v) is 10.9. The van der Waals surface area contributed by atoms with E-state index < -0.39 is 0 Å². The number of aryl methyl sites for hydroxylation is 1. The Morgan fingerprint density at radius 2 is 2.25 bits per heavy atom. The van der Waals surface area contributed by atoms with E-state index in [4.69, 9.17) is 5.73 Å². The summed E-state index contributed by atoms with van der Waals surface area (Å²) in [5, 5.41) is 7.01. The lowest BCUT2D eigenvalue weighted by atomic mass is 10.2. The predicted molar refractivity (Wildman–Crippen MR) is 71.2 cm³/mol. The van der Waals surface area contributed by atoms with E-state index in [0.717, 1.165) is 25.8 Å². The standard InChI is InChI=1S/C11H18N2OS.ClH/c12-6-1-2-7-13-11(14)4-3-10-5-8-15-9-10;/h5,8-9H,1-4,6-7,12H2,(H,13,14);1H. The van der Waals surface area contributed by atoms with Crippen LogP contribution in [0.2, 0.25) is 0 Å². The number of thiophene rings is 1. The number of hydrogen-bond donors (Lipinski definition) is 2. The second-order valence-corrected chi connectivity index (χ2v) is 4.26. The molecule has 0 atom stereocenters. The van der Waals surface area contributed by atoms with Crippen molar-refractivity contribution >= 4 is 29.7 Å². The van der Waals surface area contributed by atoms with Crippen LogP contribution in [0.1, 0.15) is 24.8 Å². The summed E-state index contributed by atoms with van der Waals surface area (Å²) < 4.78 is 0. The Balaban J connectivity index is 0.00000225. The smallest absolute Gasteiger partial charge is 0.220 e. The molecule has 0 fully saturated rings. The number of carbonyl (C=O) groups excluding carboxylic acids is 1. The number of nitrogens with one attached hydrogen (secondary N) is 1. The molecule has 1 aromatic rings. The minimum absolute atomic E-state index is 0. The Morgan fingerprint density at radius 1 is 1.44 bits per heavy atom. The van der Waals surface area contributed by atoms with Crippen molar-refractivity contribution in [1.29, 1.82) is 0 Å². The highest BCUT2D eigenvalue weighted by molar-refractivity contribution is 7.07. The largest absolute Gasteiger partial charge is 0.356 e. The fourth-order valence-corrected chi connectivity index (χ4v) is 1.98. The van der Waals surface area contributed by atoms with Crippen molar-refractivity contribution in [1.82, 2.24) is 5.32 Å². The Bertz CT molecular complexity index is 278. The second kappa shape index (κ2) is 9.63. The van der Waals surface area contributed by atoms with Gasteiger partial charge in [-0.2, -0.15) is 11.3 Å². The molecular formula is C11H19ClN2OS. The van der Waals surface area contributed by atoms with Crippen molar-refractivity contribution in [2.45, 2.75) is 25.7 Å². The van der Waals surface area contributed by atoms with Crippen LogP contribution < -0.4 is 11.1 Å². The van der Waals surface area contributed by atoms with Crippen LogP contribution >= 0.6 is 23.7 Å². The fraction of sp³-hybridized carbons (Fsp3) is 0.545. The minimum atomic E-state index is 0. The first-order valence-electron chi connectivity index (χ1n) is 5.31. The molecule has 0 spiro atoms. The van der Waals surface area contributed by atoms with Crippen LogP contribution in [-0.2, 0) is 11.2 Å². The molecule has 0 aromatic carbocycles. The molecule has 0 aliphatic carbocycles. The maximum atomic E-state index is 11.4. The number of carbonyl (C=O) groups is 1. The topological polar surface area (TPSA) is 55.1 Å². The molecule has 0 aliphatic heterocycles. The Morgan fingerprint density at radius 3 is 2.88 bits per heavy atom. The average Bonchev–Trinajstić information content (AvgIpc) is 2.74. The van der Waals surface area contributed by atoms with Gasteiger partial charge < -0.3 is 11.1 Å². The van der Waals surface area contributed by atoms with Crippen LogP contribution in [0, 0.1) is 0 Å². The zero-order chi connectivity index (χ0) is 10.9. The van der Waals surface area contributed by atoms with E-state index in [0.29, 0.717) is 13.0 Å². The average molecular weight is 263 g/mol. The van der Waals surface area contributed by atoms with Gasteiger partial charge in [0.05, 0.1) is 0 Å². The monoisotopic (exact) mass is 262 g/mol. The number of rotatable bonds is 7. The molecule has 0 saturated heterocycles.